The summed E-state index contributed by atoms with van der Waals surface area (Å²) in [7, 11) is 1.46. The molecule has 0 aliphatic carbocycles. The lowest BCUT2D eigenvalue weighted by molar-refractivity contribution is -0.274. The van der Waals surface area contributed by atoms with Gasteiger partial charge in [-0.25, -0.2) is 4.98 Å². The van der Waals surface area contributed by atoms with E-state index in [4.69, 9.17) is 10.5 Å². The van der Waals surface area contributed by atoms with Crippen LogP contribution in [0.5, 0.6) is 11.5 Å². The summed E-state index contributed by atoms with van der Waals surface area (Å²) in [5.41, 5.74) is 6.94. The van der Waals surface area contributed by atoms with Crippen molar-refractivity contribution in [1.29, 1.82) is 0 Å². The summed E-state index contributed by atoms with van der Waals surface area (Å²) in [6.45, 7) is 0. The zero-order valence-corrected chi connectivity index (χ0v) is 10.4. The highest BCUT2D eigenvalue weighted by Gasteiger charge is 2.30. The second-order valence-electron chi connectivity index (χ2n) is 3.88. The van der Waals surface area contributed by atoms with Gasteiger partial charge in [0.1, 0.15) is 5.75 Å². The number of aromatic nitrogens is 1. The Morgan fingerprint density at radius 3 is 2.30 bits per heavy atom. The highest BCUT2D eigenvalue weighted by Crippen LogP contribution is 2.29. The van der Waals surface area contributed by atoms with Crippen molar-refractivity contribution in [3.63, 3.8) is 0 Å². The summed E-state index contributed by atoms with van der Waals surface area (Å²) in [5, 5.41) is 0. The number of halogens is 3. The van der Waals surface area contributed by atoms with Crippen molar-refractivity contribution in [2.75, 3.05) is 12.8 Å². The van der Waals surface area contributed by atoms with Crippen LogP contribution in [0.15, 0.2) is 36.5 Å². The number of alkyl halides is 3. The quantitative estimate of drug-likeness (QED) is 0.940. The maximum atomic E-state index is 12.0. The maximum absolute atomic E-state index is 12.0. The Bertz CT molecular complexity index is 598. The molecule has 4 nitrogen and oxygen atoms in total. The Morgan fingerprint density at radius 2 is 1.75 bits per heavy atom. The van der Waals surface area contributed by atoms with E-state index < -0.39 is 6.36 Å². The van der Waals surface area contributed by atoms with E-state index in [2.05, 4.69) is 9.72 Å². The number of pyridine rings is 1. The van der Waals surface area contributed by atoms with Gasteiger partial charge in [0.25, 0.3) is 0 Å². The molecule has 0 amide bonds. The van der Waals surface area contributed by atoms with E-state index in [-0.39, 0.29) is 11.6 Å². The standard InChI is InChI=1S/C13H11F3N2O2/c1-19-11-6-9(7-18-12(11)17)8-2-4-10(5-3-8)20-13(14,15)16/h2-7H,1H3,(H2,17,18). The summed E-state index contributed by atoms with van der Waals surface area (Å²) >= 11 is 0. The molecule has 0 radical (unpaired) electrons. The second-order valence-corrected chi connectivity index (χ2v) is 3.88. The van der Waals surface area contributed by atoms with Crippen molar-refractivity contribution in [3.8, 4) is 22.6 Å². The lowest BCUT2D eigenvalue weighted by Gasteiger charge is -2.10. The molecule has 0 saturated carbocycles. The van der Waals surface area contributed by atoms with E-state index in [9.17, 15) is 13.2 Å². The molecule has 0 unspecified atom stereocenters. The molecule has 1 heterocycles. The topological polar surface area (TPSA) is 57.4 Å². The van der Waals surface area contributed by atoms with Gasteiger partial charge in [-0.1, -0.05) is 12.1 Å². The van der Waals surface area contributed by atoms with Gasteiger partial charge < -0.3 is 15.2 Å². The summed E-state index contributed by atoms with van der Waals surface area (Å²) < 4.78 is 45.0. The van der Waals surface area contributed by atoms with E-state index in [1.165, 1.54) is 37.6 Å². The van der Waals surface area contributed by atoms with Crippen molar-refractivity contribution >= 4 is 5.82 Å². The number of ether oxygens (including phenoxy) is 2. The number of anilines is 1. The van der Waals surface area contributed by atoms with Crippen molar-refractivity contribution in [2.45, 2.75) is 6.36 Å². The highest BCUT2D eigenvalue weighted by atomic mass is 19.4. The van der Waals surface area contributed by atoms with Crippen LogP contribution in [0.1, 0.15) is 0 Å². The molecule has 0 fully saturated rings. The van der Waals surface area contributed by atoms with Gasteiger partial charge in [-0.15, -0.1) is 13.2 Å². The van der Waals surface area contributed by atoms with Crippen LogP contribution >= 0.6 is 0 Å². The molecular formula is C13H11F3N2O2. The lowest BCUT2D eigenvalue weighted by Crippen LogP contribution is -2.16. The Hall–Kier alpha value is -2.44. The first kappa shape index (κ1) is 14.0. The van der Waals surface area contributed by atoms with E-state index >= 15 is 0 Å². The number of nitrogen functional groups attached to an aromatic ring is 1. The third kappa shape index (κ3) is 3.31. The first-order valence-corrected chi connectivity index (χ1v) is 5.55. The van der Waals surface area contributed by atoms with E-state index in [0.29, 0.717) is 16.9 Å². The molecule has 7 heteroatoms. The Kier molecular flexibility index (Phi) is 3.69. The molecule has 2 aromatic rings. The van der Waals surface area contributed by atoms with Crippen LogP contribution in [0.2, 0.25) is 0 Å². The minimum Gasteiger partial charge on any atom is -0.493 e. The van der Waals surface area contributed by atoms with Gasteiger partial charge >= 0.3 is 6.36 Å². The van der Waals surface area contributed by atoms with Crippen molar-refractivity contribution < 1.29 is 22.6 Å². The maximum Gasteiger partial charge on any atom is 0.573 e. The number of benzene rings is 1. The van der Waals surface area contributed by atoms with Crippen LogP contribution in [0.25, 0.3) is 11.1 Å². The van der Waals surface area contributed by atoms with E-state index in [1.54, 1.807) is 6.07 Å². The van der Waals surface area contributed by atoms with Gasteiger partial charge in [-0.05, 0) is 23.8 Å². The SMILES string of the molecule is COc1cc(-c2ccc(OC(F)(F)F)cc2)cnc1N. The fraction of sp³-hybridized carbons (Fsp3) is 0.154. The monoisotopic (exact) mass is 284 g/mol. The molecule has 106 valence electrons. The van der Waals surface area contributed by atoms with E-state index in [1.807, 2.05) is 0 Å². The van der Waals surface area contributed by atoms with Gasteiger partial charge in [0.15, 0.2) is 11.6 Å². The normalized spacial score (nSPS) is 11.2. The second kappa shape index (κ2) is 5.28. The number of rotatable bonds is 3. The summed E-state index contributed by atoms with van der Waals surface area (Å²) in [6, 6.07) is 7.10. The fourth-order valence-corrected chi connectivity index (χ4v) is 1.63. The minimum absolute atomic E-state index is 0.244. The molecule has 0 bridgehead atoms. The predicted octanol–water partition coefficient (Wildman–Crippen LogP) is 3.24. The van der Waals surface area contributed by atoms with Gasteiger partial charge in [0.05, 0.1) is 7.11 Å². The molecule has 0 atom stereocenters. The van der Waals surface area contributed by atoms with Crippen LogP contribution in [0.3, 0.4) is 0 Å². The van der Waals surface area contributed by atoms with Crippen LogP contribution in [0.4, 0.5) is 19.0 Å². The molecular weight excluding hydrogens is 273 g/mol. The Balaban J connectivity index is 2.26. The first-order chi connectivity index (χ1) is 9.39. The lowest BCUT2D eigenvalue weighted by atomic mass is 10.1. The smallest absolute Gasteiger partial charge is 0.493 e. The van der Waals surface area contributed by atoms with Crippen molar-refractivity contribution in [3.05, 3.63) is 36.5 Å². The first-order valence-electron chi connectivity index (χ1n) is 5.55. The molecule has 1 aromatic heterocycles. The Labute approximate surface area is 113 Å². The van der Waals surface area contributed by atoms with Crippen LogP contribution in [-0.2, 0) is 0 Å². The van der Waals surface area contributed by atoms with Crippen LogP contribution < -0.4 is 15.2 Å². The molecule has 1 aromatic carbocycles. The average molecular weight is 284 g/mol. The summed E-state index contributed by atoms with van der Waals surface area (Å²) in [6.07, 6.45) is -3.19. The number of methoxy groups -OCH3 is 1. The number of hydrogen-bond acceptors (Lipinski definition) is 4. The van der Waals surface area contributed by atoms with Gasteiger partial charge in [0.2, 0.25) is 0 Å². The van der Waals surface area contributed by atoms with Crippen LogP contribution in [0, 0.1) is 0 Å². The van der Waals surface area contributed by atoms with Crippen molar-refractivity contribution in [1.82, 2.24) is 4.98 Å². The number of nitrogens with two attached hydrogens (primary N) is 1. The predicted molar refractivity (Wildman–Crippen MR) is 67.3 cm³/mol. The third-order valence-electron chi connectivity index (χ3n) is 2.52. The molecule has 0 aliphatic rings. The Morgan fingerprint density at radius 1 is 1.10 bits per heavy atom. The van der Waals surface area contributed by atoms with E-state index in [0.717, 1.165) is 0 Å². The minimum atomic E-state index is -4.70. The van der Waals surface area contributed by atoms with Crippen LogP contribution in [-0.4, -0.2) is 18.5 Å². The van der Waals surface area contributed by atoms with Gasteiger partial charge in [-0.3, -0.25) is 0 Å². The molecule has 20 heavy (non-hydrogen) atoms. The van der Waals surface area contributed by atoms with Gasteiger partial charge in [-0.2, -0.15) is 0 Å². The molecule has 0 saturated heterocycles. The number of hydrogen-bond donors (Lipinski definition) is 1. The molecule has 0 aliphatic heterocycles. The largest absolute Gasteiger partial charge is 0.573 e. The average Bonchev–Trinajstić information content (AvgIpc) is 2.38. The van der Waals surface area contributed by atoms with Gasteiger partial charge in [0, 0.05) is 11.8 Å². The number of nitrogens with zero attached hydrogens (tertiary/aromatic N) is 1. The fourth-order valence-electron chi connectivity index (χ4n) is 1.63. The third-order valence-corrected chi connectivity index (χ3v) is 2.52. The zero-order chi connectivity index (χ0) is 14.8. The zero-order valence-electron chi connectivity index (χ0n) is 10.4. The molecule has 2 rings (SSSR count). The molecule has 2 N–H and O–H groups in total. The highest BCUT2D eigenvalue weighted by molar-refractivity contribution is 5.67. The summed E-state index contributed by atoms with van der Waals surface area (Å²) in [4.78, 5) is 3.95. The summed E-state index contributed by atoms with van der Waals surface area (Å²) in [5.74, 6) is 0.364. The van der Waals surface area contributed by atoms with Crippen molar-refractivity contribution in [2.24, 2.45) is 0 Å². The molecule has 0 spiro atoms.